The third-order valence-corrected chi connectivity index (χ3v) is 2.46. The zero-order chi connectivity index (χ0) is 13.5. The molecule has 1 heterocycles. The maximum absolute atomic E-state index is 12.7. The van der Waals surface area contributed by atoms with Crippen molar-refractivity contribution in [3.8, 4) is 5.69 Å². The molecule has 0 atom stereocenters. The minimum Gasteiger partial charge on any atom is -0.398 e. The van der Waals surface area contributed by atoms with Gasteiger partial charge in [0, 0.05) is 5.69 Å². The molecule has 0 radical (unpaired) electrons. The number of nitrogens with two attached hydrogens (primary N) is 1. The number of aryl methyl sites for hydroxylation is 2. The molecule has 1 aromatic carbocycles. The van der Waals surface area contributed by atoms with Crippen LogP contribution in [0.2, 0.25) is 0 Å². The molecular weight excluding hydrogens is 245 g/mol. The van der Waals surface area contributed by atoms with Crippen molar-refractivity contribution in [2.45, 2.75) is 20.0 Å². The van der Waals surface area contributed by atoms with Crippen LogP contribution in [-0.4, -0.2) is 14.8 Å². The molecule has 2 rings (SSSR count). The Balaban J connectivity index is 2.57. The van der Waals surface area contributed by atoms with Crippen LogP contribution in [0.25, 0.3) is 5.69 Å². The normalized spacial score (nSPS) is 11.8. The van der Waals surface area contributed by atoms with Gasteiger partial charge in [-0.05, 0) is 32.0 Å². The predicted octanol–water partition coefficient (Wildman–Crippen LogP) is 2.49. The minimum atomic E-state index is -4.48. The van der Waals surface area contributed by atoms with Gasteiger partial charge in [-0.1, -0.05) is 0 Å². The summed E-state index contributed by atoms with van der Waals surface area (Å²) in [6.07, 6.45) is -4.48. The summed E-state index contributed by atoms with van der Waals surface area (Å²) in [6.45, 7) is 3.34. The van der Waals surface area contributed by atoms with Gasteiger partial charge in [0.1, 0.15) is 11.6 Å². The first-order valence-corrected chi connectivity index (χ1v) is 5.16. The minimum absolute atomic E-state index is 0.287. The Hall–Kier alpha value is -2.05. The number of benzene rings is 1. The molecule has 0 aliphatic rings. The Morgan fingerprint density at radius 3 is 2.39 bits per heavy atom. The van der Waals surface area contributed by atoms with E-state index >= 15 is 0 Å². The molecule has 0 fully saturated rings. The number of hydrogen-bond donors (Lipinski definition) is 1. The van der Waals surface area contributed by atoms with Gasteiger partial charge in [-0.15, -0.1) is 0 Å². The fraction of sp³-hybridized carbons (Fsp3) is 0.273. The van der Waals surface area contributed by atoms with Crippen LogP contribution in [0.4, 0.5) is 18.9 Å². The van der Waals surface area contributed by atoms with Crippen molar-refractivity contribution in [3.05, 3.63) is 35.4 Å². The van der Waals surface area contributed by atoms with E-state index in [9.17, 15) is 13.2 Å². The van der Waals surface area contributed by atoms with Crippen molar-refractivity contribution in [2.75, 3.05) is 5.73 Å². The predicted molar refractivity (Wildman–Crippen MR) is 60.2 cm³/mol. The van der Waals surface area contributed by atoms with E-state index in [1.165, 1.54) is 16.8 Å². The lowest BCUT2D eigenvalue weighted by molar-refractivity contribution is -0.136. The van der Waals surface area contributed by atoms with Crippen LogP contribution in [-0.2, 0) is 6.18 Å². The molecule has 0 saturated heterocycles. The summed E-state index contributed by atoms with van der Waals surface area (Å²) in [7, 11) is 0. The molecule has 96 valence electrons. The molecule has 0 aliphatic heterocycles. The lowest BCUT2D eigenvalue weighted by Crippen LogP contribution is -2.10. The number of rotatable bonds is 1. The molecule has 0 saturated carbocycles. The van der Waals surface area contributed by atoms with Crippen molar-refractivity contribution in [1.29, 1.82) is 0 Å². The van der Waals surface area contributed by atoms with Crippen molar-refractivity contribution < 1.29 is 13.2 Å². The second-order valence-electron chi connectivity index (χ2n) is 3.89. The van der Waals surface area contributed by atoms with Gasteiger partial charge in [-0.3, -0.25) is 0 Å². The number of alkyl halides is 3. The summed E-state index contributed by atoms with van der Waals surface area (Å²) in [5.74, 6) is 1.02. The van der Waals surface area contributed by atoms with Gasteiger partial charge in [0.15, 0.2) is 0 Å². The summed E-state index contributed by atoms with van der Waals surface area (Å²) >= 11 is 0. The van der Waals surface area contributed by atoms with Crippen LogP contribution in [0, 0.1) is 13.8 Å². The number of nitrogen functional groups attached to an aromatic ring is 1. The summed E-state index contributed by atoms with van der Waals surface area (Å²) < 4.78 is 39.5. The maximum atomic E-state index is 12.7. The fourth-order valence-corrected chi connectivity index (χ4v) is 1.69. The van der Waals surface area contributed by atoms with Crippen LogP contribution in [0.15, 0.2) is 18.2 Å². The third-order valence-electron chi connectivity index (χ3n) is 2.46. The zero-order valence-electron chi connectivity index (χ0n) is 9.78. The van der Waals surface area contributed by atoms with E-state index in [2.05, 4.69) is 10.1 Å². The summed E-state index contributed by atoms with van der Waals surface area (Å²) in [5, 5.41) is 4.03. The highest BCUT2D eigenvalue weighted by Crippen LogP contribution is 2.34. The third kappa shape index (κ3) is 2.15. The number of halogens is 3. The van der Waals surface area contributed by atoms with Gasteiger partial charge in [0.2, 0.25) is 0 Å². The first-order chi connectivity index (χ1) is 8.29. The lowest BCUT2D eigenvalue weighted by Gasteiger charge is -2.12. The Morgan fingerprint density at radius 1 is 1.22 bits per heavy atom. The van der Waals surface area contributed by atoms with Gasteiger partial charge < -0.3 is 5.73 Å². The first kappa shape index (κ1) is 12.4. The molecule has 0 unspecified atom stereocenters. The van der Waals surface area contributed by atoms with Crippen LogP contribution < -0.4 is 5.73 Å². The van der Waals surface area contributed by atoms with E-state index < -0.39 is 11.7 Å². The average molecular weight is 256 g/mol. The zero-order valence-corrected chi connectivity index (χ0v) is 9.78. The van der Waals surface area contributed by atoms with Gasteiger partial charge in [0.05, 0.1) is 11.3 Å². The van der Waals surface area contributed by atoms with E-state index in [0.717, 1.165) is 6.07 Å². The van der Waals surface area contributed by atoms with Crippen LogP contribution in [0.1, 0.15) is 17.2 Å². The van der Waals surface area contributed by atoms with Crippen LogP contribution in [0.3, 0.4) is 0 Å². The monoisotopic (exact) mass is 256 g/mol. The highest BCUT2D eigenvalue weighted by molar-refractivity contribution is 5.54. The first-order valence-electron chi connectivity index (χ1n) is 5.16. The number of nitrogens with zero attached hydrogens (tertiary/aromatic N) is 3. The number of anilines is 1. The SMILES string of the molecule is Cc1nc(C)n(-c2ccc(N)c(C(F)(F)F)c2)n1. The second-order valence-corrected chi connectivity index (χ2v) is 3.89. The summed E-state index contributed by atoms with van der Waals surface area (Å²) in [4.78, 5) is 4.04. The Morgan fingerprint density at radius 2 is 1.89 bits per heavy atom. The molecule has 18 heavy (non-hydrogen) atoms. The molecule has 1 aromatic heterocycles. The second kappa shape index (κ2) is 4.01. The Bertz CT molecular complexity index is 586. The van der Waals surface area contributed by atoms with Gasteiger partial charge in [0.25, 0.3) is 0 Å². The molecule has 4 nitrogen and oxygen atoms in total. The number of hydrogen-bond acceptors (Lipinski definition) is 3. The molecule has 7 heteroatoms. The van der Waals surface area contributed by atoms with Crippen LogP contribution >= 0.6 is 0 Å². The van der Waals surface area contributed by atoms with Crippen molar-refractivity contribution in [1.82, 2.24) is 14.8 Å². The van der Waals surface area contributed by atoms with Crippen molar-refractivity contribution >= 4 is 5.69 Å². The van der Waals surface area contributed by atoms with E-state index in [0.29, 0.717) is 11.6 Å². The van der Waals surface area contributed by atoms with Crippen molar-refractivity contribution in [3.63, 3.8) is 0 Å². The Kier molecular flexibility index (Phi) is 2.76. The Labute approximate surface area is 101 Å². The van der Waals surface area contributed by atoms with E-state index in [1.54, 1.807) is 13.8 Å². The maximum Gasteiger partial charge on any atom is 0.418 e. The van der Waals surface area contributed by atoms with E-state index in [-0.39, 0.29) is 11.4 Å². The fourth-order valence-electron chi connectivity index (χ4n) is 1.69. The molecular formula is C11H11F3N4. The van der Waals surface area contributed by atoms with Gasteiger partial charge in [-0.2, -0.15) is 18.3 Å². The summed E-state index contributed by atoms with van der Waals surface area (Å²) in [5.41, 5.74) is 4.45. The lowest BCUT2D eigenvalue weighted by atomic mass is 10.1. The highest BCUT2D eigenvalue weighted by atomic mass is 19.4. The molecule has 0 spiro atoms. The average Bonchev–Trinajstić information content (AvgIpc) is 2.57. The van der Waals surface area contributed by atoms with Crippen LogP contribution in [0.5, 0.6) is 0 Å². The quantitative estimate of drug-likeness (QED) is 0.797. The van der Waals surface area contributed by atoms with E-state index in [4.69, 9.17) is 5.73 Å². The standard InChI is InChI=1S/C11H11F3N4/c1-6-16-7(2)18(17-6)8-3-4-10(15)9(5-8)11(12,13)14/h3-5H,15H2,1-2H3. The topological polar surface area (TPSA) is 56.7 Å². The molecule has 2 N–H and O–H groups in total. The van der Waals surface area contributed by atoms with Gasteiger partial charge >= 0.3 is 6.18 Å². The molecule has 0 aliphatic carbocycles. The highest BCUT2D eigenvalue weighted by Gasteiger charge is 2.33. The molecule has 0 bridgehead atoms. The molecule has 2 aromatic rings. The smallest absolute Gasteiger partial charge is 0.398 e. The number of aromatic nitrogens is 3. The summed E-state index contributed by atoms with van der Waals surface area (Å²) in [6, 6.07) is 3.66. The largest absolute Gasteiger partial charge is 0.418 e. The van der Waals surface area contributed by atoms with E-state index in [1.807, 2.05) is 0 Å². The van der Waals surface area contributed by atoms with Crippen molar-refractivity contribution in [2.24, 2.45) is 0 Å². The van der Waals surface area contributed by atoms with Gasteiger partial charge in [-0.25, -0.2) is 9.67 Å². The molecule has 0 amide bonds.